The van der Waals surface area contributed by atoms with E-state index in [4.69, 9.17) is 9.47 Å². The Hall–Kier alpha value is -1.07. The van der Waals surface area contributed by atoms with Crippen molar-refractivity contribution in [2.75, 3.05) is 13.2 Å². The molecule has 1 aliphatic heterocycles. The van der Waals surface area contributed by atoms with Crippen LogP contribution in [-0.4, -0.2) is 87.5 Å². The minimum Gasteiger partial charge on any atom is -0.394 e. The summed E-state index contributed by atoms with van der Waals surface area (Å²) in [4.78, 5) is 13.0. The van der Waals surface area contributed by atoms with Crippen LogP contribution in [0.1, 0.15) is 271 Å². The molecular formula is C54H105NO8. The first-order valence-corrected chi connectivity index (χ1v) is 27.4. The fourth-order valence-electron chi connectivity index (χ4n) is 8.98. The van der Waals surface area contributed by atoms with Gasteiger partial charge in [-0.15, -0.1) is 0 Å². The molecule has 0 radical (unpaired) electrons. The number of hydrogen-bond acceptors (Lipinski definition) is 8. The Morgan fingerprint density at radius 2 is 0.889 bits per heavy atom. The Morgan fingerprint density at radius 3 is 1.29 bits per heavy atom. The van der Waals surface area contributed by atoms with Gasteiger partial charge in [-0.25, -0.2) is 0 Å². The van der Waals surface area contributed by atoms with Gasteiger partial charge in [0, 0.05) is 6.42 Å². The molecule has 6 N–H and O–H groups in total. The van der Waals surface area contributed by atoms with Crippen LogP contribution in [-0.2, 0) is 14.3 Å². The molecule has 7 unspecified atom stereocenters. The van der Waals surface area contributed by atoms with E-state index >= 15 is 0 Å². The van der Waals surface area contributed by atoms with Crippen molar-refractivity contribution in [3.63, 3.8) is 0 Å². The zero-order chi connectivity index (χ0) is 45.9. The molecule has 0 aromatic heterocycles. The zero-order valence-corrected chi connectivity index (χ0v) is 41.4. The highest BCUT2D eigenvalue weighted by molar-refractivity contribution is 5.76. The minimum absolute atomic E-state index is 0.136. The van der Waals surface area contributed by atoms with Gasteiger partial charge in [-0.05, 0) is 38.5 Å². The van der Waals surface area contributed by atoms with E-state index in [1.807, 2.05) is 0 Å². The lowest BCUT2D eigenvalue weighted by Gasteiger charge is -2.40. The van der Waals surface area contributed by atoms with Crippen molar-refractivity contribution in [2.24, 2.45) is 0 Å². The highest BCUT2D eigenvalue weighted by Gasteiger charge is 2.44. The molecule has 1 fully saturated rings. The third-order valence-corrected chi connectivity index (χ3v) is 13.4. The predicted molar refractivity (Wildman–Crippen MR) is 263 cm³/mol. The van der Waals surface area contributed by atoms with Crippen LogP contribution in [0.4, 0.5) is 0 Å². The molecule has 1 aliphatic rings. The van der Waals surface area contributed by atoms with Crippen LogP contribution >= 0.6 is 0 Å². The summed E-state index contributed by atoms with van der Waals surface area (Å²) in [5.74, 6) is -0.144. The predicted octanol–water partition coefficient (Wildman–Crippen LogP) is 12.8. The molecule has 0 bridgehead atoms. The van der Waals surface area contributed by atoms with E-state index in [0.29, 0.717) is 12.8 Å². The van der Waals surface area contributed by atoms with Crippen molar-refractivity contribution in [2.45, 2.75) is 314 Å². The maximum atomic E-state index is 13.0. The molecule has 1 heterocycles. The Balaban J connectivity index is 2.24. The fourth-order valence-corrected chi connectivity index (χ4v) is 8.98. The molecule has 9 heteroatoms. The number of aliphatic hydroxyl groups is 5. The van der Waals surface area contributed by atoms with Crippen molar-refractivity contribution >= 4 is 5.91 Å². The van der Waals surface area contributed by atoms with Gasteiger partial charge in [0.05, 0.1) is 25.4 Å². The van der Waals surface area contributed by atoms with Crippen LogP contribution < -0.4 is 5.32 Å². The van der Waals surface area contributed by atoms with Crippen LogP contribution in [0.15, 0.2) is 12.2 Å². The van der Waals surface area contributed by atoms with E-state index in [9.17, 15) is 30.3 Å². The first-order valence-electron chi connectivity index (χ1n) is 27.4. The first-order chi connectivity index (χ1) is 30.8. The summed E-state index contributed by atoms with van der Waals surface area (Å²) in [7, 11) is 0. The van der Waals surface area contributed by atoms with Gasteiger partial charge in [-0.2, -0.15) is 0 Å². The summed E-state index contributed by atoms with van der Waals surface area (Å²) < 4.78 is 11.3. The summed E-state index contributed by atoms with van der Waals surface area (Å²) in [5.41, 5.74) is 0. The van der Waals surface area contributed by atoms with Gasteiger partial charge in [-0.3, -0.25) is 4.79 Å². The maximum Gasteiger partial charge on any atom is 0.220 e. The Bertz CT molecular complexity index is 997. The monoisotopic (exact) mass is 896 g/mol. The molecule has 374 valence electrons. The number of carbonyl (C=O) groups is 1. The van der Waals surface area contributed by atoms with Crippen molar-refractivity contribution < 1.29 is 39.8 Å². The molecular weight excluding hydrogens is 791 g/mol. The molecule has 7 atom stereocenters. The van der Waals surface area contributed by atoms with Gasteiger partial charge < -0.3 is 40.3 Å². The van der Waals surface area contributed by atoms with Gasteiger partial charge in [0.15, 0.2) is 6.29 Å². The third-order valence-electron chi connectivity index (χ3n) is 13.4. The molecule has 0 aromatic rings. The lowest BCUT2D eigenvalue weighted by Crippen LogP contribution is -2.60. The fraction of sp³-hybridized carbons (Fsp3) is 0.944. The van der Waals surface area contributed by atoms with E-state index in [1.54, 1.807) is 0 Å². The second kappa shape index (κ2) is 44.7. The van der Waals surface area contributed by atoms with E-state index in [-0.39, 0.29) is 12.5 Å². The Labute approximate surface area is 388 Å². The normalized spacial score (nSPS) is 20.1. The number of amides is 1. The van der Waals surface area contributed by atoms with Gasteiger partial charge >= 0.3 is 0 Å². The number of allylic oxidation sites excluding steroid dienone is 2. The topological polar surface area (TPSA) is 149 Å². The highest BCUT2D eigenvalue weighted by atomic mass is 16.7. The number of carbonyl (C=O) groups excluding carboxylic acids is 1. The smallest absolute Gasteiger partial charge is 0.220 e. The first kappa shape index (κ1) is 59.9. The number of aliphatic hydroxyl groups excluding tert-OH is 5. The van der Waals surface area contributed by atoms with Gasteiger partial charge in [0.25, 0.3) is 0 Å². The minimum atomic E-state index is -1.55. The van der Waals surface area contributed by atoms with Crippen LogP contribution in [0, 0.1) is 0 Å². The van der Waals surface area contributed by atoms with E-state index < -0.39 is 49.5 Å². The summed E-state index contributed by atoms with van der Waals surface area (Å²) in [6, 6.07) is -0.718. The van der Waals surface area contributed by atoms with Gasteiger partial charge in [0.2, 0.25) is 5.91 Å². The lowest BCUT2D eigenvalue weighted by molar-refractivity contribution is -0.302. The second-order valence-electron chi connectivity index (χ2n) is 19.4. The Kier molecular flexibility index (Phi) is 42.6. The van der Waals surface area contributed by atoms with E-state index in [2.05, 4.69) is 31.3 Å². The molecule has 63 heavy (non-hydrogen) atoms. The van der Waals surface area contributed by atoms with Crippen molar-refractivity contribution in [1.82, 2.24) is 5.32 Å². The molecule has 0 saturated carbocycles. The van der Waals surface area contributed by atoms with Crippen LogP contribution in [0.2, 0.25) is 0 Å². The Morgan fingerprint density at radius 1 is 0.524 bits per heavy atom. The van der Waals surface area contributed by atoms with Crippen LogP contribution in [0.5, 0.6) is 0 Å². The number of ether oxygens (including phenoxy) is 2. The number of unbranched alkanes of at least 4 members (excludes halogenated alkanes) is 35. The zero-order valence-electron chi connectivity index (χ0n) is 41.4. The standard InChI is InChI=1S/C54H105NO8/c1-3-5-7-9-11-13-15-17-19-21-23-24-26-28-30-32-34-36-38-40-42-44-50(58)55-47(46-62-54-53(61)52(60)51(59)49(45-56)63-54)48(57)43-41-39-37-35-33-31-29-27-25-22-20-18-16-14-12-10-8-6-4-2/h24,26,47-49,51-54,56-57,59-61H,3-23,25,27-46H2,1-2H3,(H,55,58)/b26-24-. The third kappa shape index (κ3) is 34.8. The summed E-state index contributed by atoms with van der Waals surface area (Å²) in [6.07, 6.45) is 46.5. The van der Waals surface area contributed by atoms with Gasteiger partial charge in [0.1, 0.15) is 24.4 Å². The molecule has 0 aliphatic carbocycles. The summed E-state index contributed by atoms with van der Waals surface area (Å²) in [5, 5.41) is 54.6. The number of nitrogens with one attached hydrogen (secondary N) is 1. The number of hydrogen-bond donors (Lipinski definition) is 6. The maximum absolute atomic E-state index is 13.0. The quantitative estimate of drug-likeness (QED) is 0.0261. The number of rotatable bonds is 47. The molecule has 9 nitrogen and oxygen atoms in total. The molecule has 0 aromatic carbocycles. The molecule has 0 spiro atoms. The van der Waals surface area contributed by atoms with Crippen LogP contribution in [0.25, 0.3) is 0 Å². The second-order valence-corrected chi connectivity index (χ2v) is 19.4. The summed E-state index contributed by atoms with van der Waals surface area (Å²) in [6.45, 7) is 3.87. The lowest BCUT2D eigenvalue weighted by atomic mass is 9.99. The molecule has 1 rings (SSSR count). The average Bonchev–Trinajstić information content (AvgIpc) is 3.28. The van der Waals surface area contributed by atoms with Crippen molar-refractivity contribution in [3.05, 3.63) is 12.2 Å². The SMILES string of the molecule is CCCCCCCCCCCC/C=C\CCCCCCCCCC(=O)NC(COC1OC(CO)C(O)C(O)C1O)C(O)CCCCCCCCCCCCCCCCCCCCC. The summed E-state index contributed by atoms with van der Waals surface area (Å²) >= 11 is 0. The molecule has 1 amide bonds. The van der Waals surface area contributed by atoms with Crippen molar-refractivity contribution in [3.8, 4) is 0 Å². The van der Waals surface area contributed by atoms with Crippen LogP contribution in [0.3, 0.4) is 0 Å². The van der Waals surface area contributed by atoms with Gasteiger partial charge in [-0.1, -0.05) is 238 Å². The van der Waals surface area contributed by atoms with E-state index in [0.717, 1.165) is 38.5 Å². The highest BCUT2D eigenvalue weighted by Crippen LogP contribution is 2.23. The van der Waals surface area contributed by atoms with E-state index in [1.165, 1.54) is 205 Å². The van der Waals surface area contributed by atoms with Crippen molar-refractivity contribution in [1.29, 1.82) is 0 Å². The molecule has 1 saturated heterocycles. The largest absolute Gasteiger partial charge is 0.394 e. The average molecular weight is 896 g/mol.